The van der Waals surface area contributed by atoms with Gasteiger partial charge in [0.05, 0.1) is 0 Å². The lowest BCUT2D eigenvalue weighted by Crippen LogP contribution is -1.99. The van der Waals surface area contributed by atoms with Gasteiger partial charge in [-0.15, -0.1) is 0 Å². The summed E-state index contributed by atoms with van der Waals surface area (Å²) < 4.78 is 4.89. The van der Waals surface area contributed by atoms with Crippen LogP contribution in [0.1, 0.15) is 41.6 Å². The van der Waals surface area contributed by atoms with Gasteiger partial charge in [0.15, 0.2) is 5.69 Å². The zero-order valence-corrected chi connectivity index (χ0v) is 7.29. The van der Waals surface area contributed by atoms with Gasteiger partial charge in [-0.2, -0.15) is 0 Å². The molecule has 0 saturated heterocycles. The molecule has 66 valence electrons. The summed E-state index contributed by atoms with van der Waals surface area (Å²) >= 11 is 0. The Morgan fingerprint density at radius 3 is 2.42 bits per heavy atom. The second-order valence-electron chi connectivity index (χ2n) is 2.98. The van der Waals surface area contributed by atoms with Crippen molar-refractivity contribution in [1.29, 1.82) is 0 Å². The number of nitrogens with zero attached hydrogens (tertiary/aromatic N) is 1. The number of carboxylic acids is 1. The molecule has 0 amide bonds. The maximum atomic E-state index is 10.5. The molecule has 0 aliphatic rings. The summed E-state index contributed by atoms with van der Waals surface area (Å²) in [6.45, 7) is 5.56. The Morgan fingerprint density at radius 1 is 1.58 bits per heavy atom. The van der Waals surface area contributed by atoms with E-state index < -0.39 is 5.97 Å². The largest absolute Gasteiger partial charge is 0.476 e. The molecule has 0 fully saturated rings. The number of aromatic nitrogens is 1. The Bertz CT molecular complexity index is 301. The average Bonchev–Trinajstić information content (AvgIpc) is 2.30. The monoisotopic (exact) mass is 169 g/mol. The van der Waals surface area contributed by atoms with Crippen LogP contribution in [0.4, 0.5) is 0 Å². The summed E-state index contributed by atoms with van der Waals surface area (Å²) in [7, 11) is 0. The molecule has 1 aromatic heterocycles. The lowest BCUT2D eigenvalue weighted by molar-refractivity contribution is 0.0685. The van der Waals surface area contributed by atoms with Crippen molar-refractivity contribution in [2.45, 2.75) is 26.7 Å². The second-order valence-corrected chi connectivity index (χ2v) is 2.98. The van der Waals surface area contributed by atoms with E-state index in [4.69, 9.17) is 9.63 Å². The van der Waals surface area contributed by atoms with Crippen molar-refractivity contribution < 1.29 is 14.4 Å². The highest BCUT2D eigenvalue weighted by atomic mass is 16.5. The van der Waals surface area contributed by atoms with Crippen molar-refractivity contribution in [3.05, 3.63) is 17.0 Å². The predicted molar refractivity (Wildman–Crippen MR) is 42.3 cm³/mol. The molecule has 1 N–H and O–H groups in total. The Morgan fingerprint density at radius 2 is 2.17 bits per heavy atom. The minimum absolute atomic E-state index is 0.0127. The molecule has 12 heavy (non-hydrogen) atoms. The summed E-state index contributed by atoms with van der Waals surface area (Å²) in [6, 6.07) is 0. The fourth-order valence-corrected chi connectivity index (χ4v) is 1.09. The molecular weight excluding hydrogens is 158 g/mol. The van der Waals surface area contributed by atoms with Gasteiger partial charge >= 0.3 is 5.97 Å². The minimum Gasteiger partial charge on any atom is -0.476 e. The van der Waals surface area contributed by atoms with E-state index in [1.54, 1.807) is 6.92 Å². The Hall–Kier alpha value is -1.32. The molecule has 0 bridgehead atoms. The summed E-state index contributed by atoms with van der Waals surface area (Å²) in [5.74, 6) is -0.221. The van der Waals surface area contributed by atoms with Crippen LogP contribution in [-0.4, -0.2) is 16.2 Å². The number of carboxylic acid groups (broad SMARTS) is 1. The lowest BCUT2D eigenvalue weighted by Gasteiger charge is -1.97. The van der Waals surface area contributed by atoms with Gasteiger partial charge in [0.1, 0.15) is 5.76 Å². The first-order valence-corrected chi connectivity index (χ1v) is 3.73. The molecule has 0 radical (unpaired) electrons. The number of rotatable bonds is 2. The van der Waals surface area contributed by atoms with E-state index in [0.717, 1.165) is 0 Å². The fourth-order valence-electron chi connectivity index (χ4n) is 1.09. The molecule has 0 aliphatic carbocycles. The zero-order chi connectivity index (χ0) is 9.30. The molecule has 0 saturated carbocycles. The Balaban J connectivity index is 3.13. The van der Waals surface area contributed by atoms with Gasteiger partial charge in [-0.3, -0.25) is 0 Å². The topological polar surface area (TPSA) is 63.3 Å². The van der Waals surface area contributed by atoms with E-state index in [0.29, 0.717) is 11.3 Å². The van der Waals surface area contributed by atoms with Crippen LogP contribution in [0.5, 0.6) is 0 Å². The lowest BCUT2D eigenvalue weighted by atomic mass is 10.1. The molecule has 1 aromatic rings. The van der Waals surface area contributed by atoms with Crippen molar-refractivity contribution in [1.82, 2.24) is 5.16 Å². The van der Waals surface area contributed by atoms with Gasteiger partial charge in [0, 0.05) is 11.5 Å². The van der Waals surface area contributed by atoms with E-state index in [9.17, 15) is 4.79 Å². The molecule has 0 aliphatic heterocycles. The normalized spacial score (nSPS) is 10.7. The van der Waals surface area contributed by atoms with Crippen LogP contribution in [0.2, 0.25) is 0 Å². The summed E-state index contributed by atoms with van der Waals surface area (Å²) in [5, 5.41) is 12.1. The van der Waals surface area contributed by atoms with Crippen molar-refractivity contribution in [2.75, 3.05) is 0 Å². The fraction of sp³-hybridized carbons (Fsp3) is 0.500. The zero-order valence-electron chi connectivity index (χ0n) is 7.29. The average molecular weight is 169 g/mol. The quantitative estimate of drug-likeness (QED) is 0.733. The number of hydrogen-bond acceptors (Lipinski definition) is 3. The van der Waals surface area contributed by atoms with E-state index in [-0.39, 0.29) is 11.6 Å². The van der Waals surface area contributed by atoms with Crippen molar-refractivity contribution in [3.8, 4) is 0 Å². The van der Waals surface area contributed by atoms with Gasteiger partial charge in [-0.25, -0.2) is 4.79 Å². The molecule has 4 heteroatoms. The van der Waals surface area contributed by atoms with E-state index in [2.05, 4.69) is 5.16 Å². The van der Waals surface area contributed by atoms with Crippen LogP contribution in [0.25, 0.3) is 0 Å². The number of aromatic carboxylic acids is 1. The smallest absolute Gasteiger partial charge is 0.358 e. The molecule has 0 aromatic carbocycles. The third-order valence-corrected chi connectivity index (χ3v) is 1.69. The first-order valence-electron chi connectivity index (χ1n) is 3.73. The number of carbonyl (C=O) groups is 1. The SMILES string of the molecule is Cc1c(C(=O)O)noc1C(C)C. The standard InChI is InChI=1S/C8H11NO3/c1-4(2)7-5(3)6(8(10)11)9-12-7/h4H,1-3H3,(H,10,11). The summed E-state index contributed by atoms with van der Waals surface area (Å²) in [5.41, 5.74) is 0.635. The van der Waals surface area contributed by atoms with Gasteiger partial charge < -0.3 is 9.63 Å². The molecule has 4 nitrogen and oxygen atoms in total. The van der Waals surface area contributed by atoms with Crippen LogP contribution < -0.4 is 0 Å². The maximum Gasteiger partial charge on any atom is 0.358 e. The summed E-state index contributed by atoms with van der Waals surface area (Å²) in [4.78, 5) is 10.5. The van der Waals surface area contributed by atoms with Crippen LogP contribution in [0.3, 0.4) is 0 Å². The summed E-state index contributed by atoms with van der Waals surface area (Å²) in [6.07, 6.45) is 0. The first-order chi connectivity index (χ1) is 5.54. The Kier molecular flexibility index (Phi) is 2.17. The van der Waals surface area contributed by atoms with Crippen LogP contribution in [-0.2, 0) is 0 Å². The third kappa shape index (κ3) is 1.32. The van der Waals surface area contributed by atoms with Crippen LogP contribution in [0, 0.1) is 6.92 Å². The van der Waals surface area contributed by atoms with Gasteiger partial charge in [-0.05, 0) is 6.92 Å². The highest BCUT2D eigenvalue weighted by Crippen LogP contribution is 2.21. The van der Waals surface area contributed by atoms with Crippen LogP contribution in [0.15, 0.2) is 4.52 Å². The molecule has 1 heterocycles. The van der Waals surface area contributed by atoms with Crippen molar-refractivity contribution >= 4 is 5.97 Å². The highest BCUT2D eigenvalue weighted by molar-refractivity contribution is 5.87. The molecule has 1 rings (SSSR count). The van der Waals surface area contributed by atoms with Gasteiger partial charge in [0.2, 0.25) is 0 Å². The Labute approximate surface area is 70.2 Å². The molecule has 0 spiro atoms. The van der Waals surface area contributed by atoms with Crippen molar-refractivity contribution in [3.63, 3.8) is 0 Å². The van der Waals surface area contributed by atoms with Crippen LogP contribution >= 0.6 is 0 Å². The first kappa shape index (κ1) is 8.77. The van der Waals surface area contributed by atoms with E-state index in [1.807, 2.05) is 13.8 Å². The third-order valence-electron chi connectivity index (χ3n) is 1.69. The molecule has 0 unspecified atom stereocenters. The predicted octanol–water partition coefficient (Wildman–Crippen LogP) is 1.80. The molecular formula is C8H11NO3. The minimum atomic E-state index is -1.04. The maximum absolute atomic E-state index is 10.5. The number of hydrogen-bond donors (Lipinski definition) is 1. The highest BCUT2D eigenvalue weighted by Gasteiger charge is 2.18. The van der Waals surface area contributed by atoms with Gasteiger partial charge in [-0.1, -0.05) is 19.0 Å². The van der Waals surface area contributed by atoms with E-state index in [1.165, 1.54) is 0 Å². The molecule has 0 atom stereocenters. The van der Waals surface area contributed by atoms with Gasteiger partial charge in [0.25, 0.3) is 0 Å². The van der Waals surface area contributed by atoms with Crippen molar-refractivity contribution in [2.24, 2.45) is 0 Å². The van der Waals surface area contributed by atoms with E-state index >= 15 is 0 Å². The second kappa shape index (κ2) is 2.97.